The molecule has 2 aromatic heterocycles. The van der Waals surface area contributed by atoms with E-state index < -0.39 is 17.2 Å². The SMILES string of the molecule is O=C(O)c1cc(OCc2ccccc2)c(OCc2ccccc2)c(OCc2ccccc2)c1-c1cc2c(=O)oc3c(OCc4ccccc4)c(OCc4ccccc4)cc4c(=O)oc(c1OCc1ccccc1)c2c34. The van der Waals surface area contributed by atoms with E-state index in [2.05, 4.69) is 0 Å². The molecule has 12 nitrogen and oxygen atoms in total. The van der Waals surface area contributed by atoms with Gasteiger partial charge in [-0.05, 0) is 51.6 Å². The van der Waals surface area contributed by atoms with Crippen molar-refractivity contribution in [3.63, 3.8) is 0 Å². The van der Waals surface area contributed by atoms with Gasteiger partial charge in [-0.15, -0.1) is 0 Å². The van der Waals surface area contributed by atoms with Crippen molar-refractivity contribution in [2.45, 2.75) is 39.6 Å². The highest BCUT2D eigenvalue weighted by atomic mass is 16.5. The smallest absolute Gasteiger partial charge is 0.344 e. The van der Waals surface area contributed by atoms with Crippen molar-refractivity contribution in [3.8, 4) is 45.6 Å². The van der Waals surface area contributed by atoms with Gasteiger partial charge in [-0.2, -0.15) is 0 Å². The van der Waals surface area contributed by atoms with E-state index in [1.807, 2.05) is 182 Å². The van der Waals surface area contributed by atoms with Gasteiger partial charge < -0.3 is 42.4 Å². The molecule has 0 unspecified atom stereocenters. The summed E-state index contributed by atoms with van der Waals surface area (Å²) in [5.74, 6) is -1.11. The zero-order valence-corrected chi connectivity index (χ0v) is 40.2. The van der Waals surface area contributed by atoms with Crippen LogP contribution in [0, 0.1) is 0 Å². The van der Waals surface area contributed by atoms with E-state index in [9.17, 15) is 19.5 Å². The van der Waals surface area contributed by atoms with Crippen molar-refractivity contribution < 1.29 is 47.2 Å². The second-order valence-corrected chi connectivity index (χ2v) is 17.6. The van der Waals surface area contributed by atoms with Gasteiger partial charge in [0.2, 0.25) is 11.5 Å². The number of aromatic carboxylic acids is 1. The molecule has 0 aliphatic heterocycles. The lowest BCUT2D eigenvalue weighted by Gasteiger charge is -2.24. The fourth-order valence-electron chi connectivity index (χ4n) is 8.96. The molecule has 1 N–H and O–H groups in total. The summed E-state index contributed by atoms with van der Waals surface area (Å²) in [7, 11) is 0. The standard InChI is InChI=1S/C63H46O12/c64-61(65)47-32-50(68-34-40-19-7-1-8-20-40)56(71-37-43-25-13-4-14-26-43)58(73-39-45-29-17-6-18-30-45)52(47)46-31-48-53-54-49(63(67)74-59(53)55(46)70-36-42-23-11-3-12-24-42)33-51(69-35-41-21-9-2-10-22-41)57(60(54)75-62(48)66)72-38-44-27-15-5-16-28-44/h1-33H,34-39H2,(H,64,65). The van der Waals surface area contributed by atoms with E-state index in [0.717, 1.165) is 33.4 Å². The maximum absolute atomic E-state index is 14.9. The van der Waals surface area contributed by atoms with Crippen LogP contribution in [0.4, 0.5) is 0 Å². The average molecular weight is 995 g/mol. The summed E-state index contributed by atoms with van der Waals surface area (Å²) in [6.07, 6.45) is 0. The van der Waals surface area contributed by atoms with Gasteiger partial charge in [-0.3, -0.25) is 0 Å². The molecular formula is C63H46O12. The minimum absolute atomic E-state index is 0.0259. The Bertz CT molecular complexity index is 3880. The van der Waals surface area contributed by atoms with E-state index in [0.29, 0.717) is 0 Å². The first-order valence-electron chi connectivity index (χ1n) is 24.2. The topological polar surface area (TPSA) is 153 Å². The van der Waals surface area contributed by atoms with Crippen LogP contribution in [0.2, 0.25) is 0 Å². The van der Waals surface area contributed by atoms with Crippen LogP contribution in [0.15, 0.2) is 219 Å². The molecule has 11 aromatic rings. The first-order valence-corrected chi connectivity index (χ1v) is 24.2. The van der Waals surface area contributed by atoms with Gasteiger partial charge >= 0.3 is 17.2 Å². The molecule has 0 aliphatic carbocycles. The molecule has 0 radical (unpaired) electrons. The lowest BCUT2D eigenvalue weighted by molar-refractivity contribution is 0.0696. The maximum Gasteiger partial charge on any atom is 0.344 e. The zero-order chi connectivity index (χ0) is 51.1. The van der Waals surface area contributed by atoms with Crippen LogP contribution in [0.3, 0.4) is 0 Å². The van der Waals surface area contributed by atoms with Crippen molar-refractivity contribution in [2.24, 2.45) is 0 Å². The molecule has 11 rings (SSSR count). The minimum Gasteiger partial charge on any atom is -0.485 e. The highest BCUT2D eigenvalue weighted by molar-refractivity contribution is 6.23. The molecular weight excluding hydrogens is 949 g/mol. The van der Waals surface area contributed by atoms with Gasteiger partial charge in [-0.25, -0.2) is 14.4 Å². The molecule has 0 saturated carbocycles. The molecule has 2 heterocycles. The molecule has 0 fully saturated rings. The Labute approximate surface area is 429 Å². The van der Waals surface area contributed by atoms with Crippen LogP contribution in [0.1, 0.15) is 43.7 Å². The summed E-state index contributed by atoms with van der Waals surface area (Å²) in [6.45, 7) is 0.107. The number of carboxylic acids is 1. The Kier molecular flexibility index (Phi) is 13.6. The number of benzene rings is 9. The summed E-state index contributed by atoms with van der Waals surface area (Å²) >= 11 is 0. The number of hydrogen-bond donors (Lipinski definition) is 1. The molecule has 0 saturated heterocycles. The largest absolute Gasteiger partial charge is 0.485 e. The highest BCUT2D eigenvalue weighted by Crippen LogP contribution is 2.53. The summed E-state index contributed by atoms with van der Waals surface area (Å²) in [6, 6.07) is 60.8. The second kappa shape index (κ2) is 21.5. The molecule has 0 bridgehead atoms. The van der Waals surface area contributed by atoms with Crippen LogP contribution in [-0.2, 0) is 39.6 Å². The van der Waals surface area contributed by atoms with Crippen molar-refractivity contribution in [1.29, 1.82) is 0 Å². The third-order valence-electron chi connectivity index (χ3n) is 12.6. The lowest BCUT2D eigenvalue weighted by Crippen LogP contribution is -2.12. The Balaban J connectivity index is 1.18. The van der Waals surface area contributed by atoms with Crippen molar-refractivity contribution in [2.75, 3.05) is 0 Å². The maximum atomic E-state index is 14.9. The zero-order valence-electron chi connectivity index (χ0n) is 40.2. The van der Waals surface area contributed by atoms with Crippen LogP contribution in [0.5, 0.6) is 34.5 Å². The van der Waals surface area contributed by atoms with Gasteiger partial charge in [0.15, 0.2) is 34.2 Å². The summed E-state index contributed by atoms with van der Waals surface area (Å²) < 4.78 is 52.3. The highest BCUT2D eigenvalue weighted by Gasteiger charge is 2.33. The predicted molar refractivity (Wildman–Crippen MR) is 284 cm³/mol. The Morgan fingerprint density at radius 3 is 1.09 bits per heavy atom. The van der Waals surface area contributed by atoms with Gasteiger partial charge in [0.25, 0.3) is 0 Å². The Hall–Kier alpha value is -9.81. The quantitative estimate of drug-likeness (QED) is 0.0571. The third kappa shape index (κ3) is 10.2. The van der Waals surface area contributed by atoms with Crippen LogP contribution in [-0.4, -0.2) is 11.1 Å². The van der Waals surface area contributed by atoms with E-state index in [1.54, 1.807) is 0 Å². The van der Waals surface area contributed by atoms with E-state index in [4.69, 9.17) is 37.3 Å². The van der Waals surface area contributed by atoms with Crippen LogP contribution < -0.4 is 39.7 Å². The monoisotopic (exact) mass is 994 g/mol. The summed E-state index contributed by atoms with van der Waals surface area (Å²) in [5.41, 5.74) is 2.58. The van der Waals surface area contributed by atoms with Gasteiger partial charge in [0, 0.05) is 21.9 Å². The fraction of sp³-hybridized carbons (Fsp3) is 0.0952. The molecule has 0 amide bonds. The second-order valence-electron chi connectivity index (χ2n) is 17.6. The van der Waals surface area contributed by atoms with Gasteiger partial charge in [0.1, 0.15) is 39.6 Å². The molecule has 0 atom stereocenters. The van der Waals surface area contributed by atoms with Crippen LogP contribution in [0.25, 0.3) is 43.8 Å². The first kappa shape index (κ1) is 47.5. The van der Waals surface area contributed by atoms with Crippen molar-refractivity contribution in [1.82, 2.24) is 0 Å². The summed E-state index contributed by atoms with van der Waals surface area (Å²) in [5, 5.41) is 11.7. The Morgan fingerprint density at radius 1 is 0.373 bits per heavy atom. The molecule has 0 spiro atoms. The number of ether oxygens (including phenoxy) is 6. The van der Waals surface area contributed by atoms with Crippen molar-refractivity contribution in [3.05, 3.63) is 260 Å². The lowest BCUT2D eigenvalue weighted by atomic mass is 9.92. The fourth-order valence-corrected chi connectivity index (χ4v) is 8.96. The van der Waals surface area contributed by atoms with Gasteiger partial charge in [0.05, 0.1) is 16.3 Å². The predicted octanol–water partition coefficient (Wildman–Crippen LogP) is 13.3. The van der Waals surface area contributed by atoms with E-state index >= 15 is 0 Å². The van der Waals surface area contributed by atoms with Crippen LogP contribution >= 0.6 is 0 Å². The normalized spacial score (nSPS) is 11.2. The first-order chi connectivity index (χ1) is 36.9. The van der Waals surface area contributed by atoms with E-state index in [-0.39, 0.29) is 124 Å². The number of carboxylic acid groups (broad SMARTS) is 1. The third-order valence-corrected chi connectivity index (χ3v) is 12.6. The molecule has 370 valence electrons. The van der Waals surface area contributed by atoms with Gasteiger partial charge in [-0.1, -0.05) is 182 Å². The number of hydrogen-bond acceptors (Lipinski definition) is 11. The Morgan fingerprint density at radius 2 is 0.693 bits per heavy atom. The minimum atomic E-state index is -1.37. The molecule has 12 heteroatoms. The molecule has 9 aromatic carbocycles. The van der Waals surface area contributed by atoms with E-state index in [1.165, 1.54) is 18.2 Å². The molecule has 0 aliphatic rings. The average Bonchev–Trinajstić information content (AvgIpc) is 3.47. The number of carbonyl (C=O) groups is 1. The number of rotatable bonds is 20. The van der Waals surface area contributed by atoms with Crippen molar-refractivity contribution >= 4 is 38.7 Å². The molecule has 75 heavy (non-hydrogen) atoms. The summed E-state index contributed by atoms with van der Waals surface area (Å²) in [4.78, 5) is 43.6.